The van der Waals surface area contributed by atoms with Gasteiger partial charge in [0.15, 0.2) is 0 Å². The molecule has 2 nitrogen and oxygen atoms in total. The molecular weight excluding hydrogens is 336 g/mol. The van der Waals surface area contributed by atoms with Crippen molar-refractivity contribution in [3.63, 3.8) is 0 Å². The Morgan fingerprint density at radius 2 is 2.10 bits per heavy atom. The lowest BCUT2D eigenvalue weighted by Crippen LogP contribution is -2.34. The van der Waals surface area contributed by atoms with E-state index in [0.29, 0.717) is 0 Å². The van der Waals surface area contributed by atoms with Crippen molar-refractivity contribution in [2.24, 2.45) is 5.92 Å². The fourth-order valence-electron chi connectivity index (χ4n) is 2.60. The second-order valence-corrected chi connectivity index (χ2v) is 7.08. The Morgan fingerprint density at radius 1 is 1.35 bits per heavy atom. The molecule has 20 heavy (non-hydrogen) atoms. The van der Waals surface area contributed by atoms with E-state index in [9.17, 15) is 0 Å². The monoisotopic (exact) mass is 358 g/mol. The smallest absolute Gasteiger partial charge is 0.0417 e. The second kappa shape index (κ2) is 8.38. The number of hydrogen-bond donors (Lipinski definition) is 1. The van der Waals surface area contributed by atoms with Gasteiger partial charge in [-0.05, 0) is 69.1 Å². The lowest BCUT2D eigenvalue weighted by molar-refractivity contribution is 0.190. The maximum absolute atomic E-state index is 5.94. The first-order valence-electron chi connectivity index (χ1n) is 7.52. The van der Waals surface area contributed by atoms with Crippen LogP contribution < -0.4 is 5.32 Å². The average Bonchev–Trinajstić information content (AvgIpc) is 2.42. The Kier molecular flexibility index (Phi) is 6.82. The van der Waals surface area contributed by atoms with Gasteiger partial charge in [0.05, 0.1) is 0 Å². The lowest BCUT2D eigenvalue weighted by atomic mass is 9.99. The molecule has 4 heteroatoms. The molecule has 1 aliphatic rings. The Morgan fingerprint density at radius 3 is 2.80 bits per heavy atom. The van der Waals surface area contributed by atoms with Crippen LogP contribution in [0.5, 0.6) is 0 Å². The number of likely N-dealkylation sites (tertiary alicyclic amines) is 1. The fourth-order valence-corrected chi connectivity index (χ4v) is 3.42. The highest BCUT2D eigenvalue weighted by molar-refractivity contribution is 9.10. The van der Waals surface area contributed by atoms with Crippen LogP contribution in [0.15, 0.2) is 22.7 Å². The minimum Gasteiger partial charge on any atom is -0.313 e. The minimum absolute atomic E-state index is 0.778. The van der Waals surface area contributed by atoms with Crippen molar-refractivity contribution in [3.8, 4) is 0 Å². The third kappa shape index (κ3) is 5.36. The van der Waals surface area contributed by atoms with Crippen molar-refractivity contribution in [2.45, 2.75) is 32.7 Å². The maximum atomic E-state index is 5.94. The van der Waals surface area contributed by atoms with E-state index in [2.05, 4.69) is 39.1 Å². The first-order chi connectivity index (χ1) is 9.65. The molecule has 0 aliphatic carbocycles. The van der Waals surface area contributed by atoms with Crippen molar-refractivity contribution >= 4 is 27.5 Å². The Balaban J connectivity index is 1.59. The van der Waals surface area contributed by atoms with E-state index in [1.54, 1.807) is 0 Å². The highest BCUT2D eigenvalue weighted by Crippen LogP contribution is 2.21. The van der Waals surface area contributed by atoms with Crippen LogP contribution in [0.25, 0.3) is 0 Å². The van der Waals surface area contributed by atoms with Crippen LogP contribution in [-0.4, -0.2) is 31.1 Å². The van der Waals surface area contributed by atoms with Crippen molar-refractivity contribution in [2.75, 3.05) is 26.2 Å². The summed E-state index contributed by atoms with van der Waals surface area (Å²) in [6.07, 6.45) is 3.95. The number of nitrogens with zero attached hydrogens (tertiary/aromatic N) is 1. The first-order valence-corrected chi connectivity index (χ1v) is 8.69. The SMILES string of the molecule is CC1CCN(CCCNCc2ccc(Cl)cc2Br)CC1. The number of piperidine rings is 1. The van der Waals surface area contributed by atoms with Crippen LogP contribution in [0.3, 0.4) is 0 Å². The number of nitrogens with one attached hydrogen (secondary N) is 1. The molecule has 1 saturated heterocycles. The predicted molar refractivity (Wildman–Crippen MR) is 90.3 cm³/mol. The number of halogens is 2. The van der Waals surface area contributed by atoms with E-state index in [0.717, 1.165) is 28.5 Å². The molecule has 112 valence electrons. The lowest BCUT2D eigenvalue weighted by Gasteiger charge is -2.30. The molecule has 0 unspecified atom stereocenters. The molecule has 1 aromatic rings. The molecule has 0 atom stereocenters. The van der Waals surface area contributed by atoms with Gasteiger partial charge < -0.3 is 10.2 Å². The van der Waals surface area contributed by atoms with Crippen molar-refractivity contribution in [3.05, 3.63) is 33.3 Å². The zero-order valence-corrected chi connectivity index (χ0v) is 14.5. The summed E-state index contributed by atoms with van der Waals surface area (Å²) in [7, 11) is 0. The first kappa shape index (κ1) is 16.3. The van der Waals surface area contributed by atoms with E-state index in [1.807, 2.05) is 12.1 Å². The maximum Gasteiger partial charge on any atom is 0.0417 e. The highest BCUT2D eigenvalue weighted by Gasteiger charge is 2.14. The van der Waals surface area contributed by atoms with Crippen LogP contribution in [0, 0.1) is 5.92 Å². The fraction of sp³-hybridized carbons (Fsp3) is 0.625. The largest absolute Gasteiger partial charge is 0.313 e. The van der Waals surface area contributed by atoms with Gasteiger partial charge in [-0.25, -0.2) is 0 Å². The van der Waals surface area contributed by atoms with Crippen molar-refractivity contribution < 1.29 is 0 Å². The van der Waals surface area contributed by atoms with Gasteiger partial charge in [-0.3, -0.25) is 0 Å². The van der Waals surface area contributed by atoms with Crippen LogP contribution >= 0.6 is 27.5 Å². The topological polar surface area (TPSA) is 15.3 Å². The van der Waals surface area contributed by atoms with E-state index in [-0.39, 0.29) is 0 Å². The van der Waals surface area contributed by atoms with Gasteiger partial charge in [0.25, 0.3) is 0 Å². The van der Waals surface area contributed by atoms with E-state index in [4.69, 9.17) is 11.6 Å². The molecule has 1 aromatic carbocycles. The summed E-state index contributed by atoms with van der Waals surface area (Å²) in [5, 5.41) is 4.29. The molecule has 0 amide bonds. The summed E-state index contributed by atoms with van der Waals surface area (Å²) in [5.41, 5.74) is 1.26. The molecule has 0 saturated carbocycles. The zero-order valence-electron chi connectivity index (χ0n) is 12.2. The van der Waals surface area contributed by atoms with E-state index < -0.39 is 0 Å². The predicted octanol–water partition coefficient (Wildman–Crippen LogP) is 4.31. The number of rotatable bonds is 6. The molecule has 2 rings (SSSR count). The molecule has 1 heterocycles. The van der Waals surface area contributed by atoms with Crippen molar-refractivity contribution in [1.82, 2.24) is 10.2 Å². The standard InChI is InChI=1S/C16H24BrClN2/c1-13-5-9-20(10-6-13)8-2-7-19-12-14-3-4-15(18)11-16(14)17/h3-4,11,13,19H,2,5-10,12H2,1H3. The zero-order chi connectivity index (χ0) is 14.4. The summed E-state index contributed by atoms with van der Waals surface area (Å²) >= 11 is 9.49. The third-order valence-corrected chi connectivity index (χ3v) is 5.01. The Labute approximate surface area is 136 Å². The van der Waals surface area contributed by atoms with Gasteiger partial charge in [-0.15, -0.1) is 0 Å². The molecule has 1 aliphatic heterocycles. The quantitative estimate of drug-likeness (QED) is 0.761. The summed E-state index contributed by atoms with van der Waals surface area (Å²) in [4.78, 5) is 2.60. The number of benzene rings is 1. The minimum atomic E-state index is 0.778. The van der Waals surface area contributed by atoms with Crippen LogP contribution in [0.1, 0.15) is 31.7 Å². The van der Waals surface area contributed by atoms with Gasteiger partial charge >= 0.3 is 0 Å². The highest BCUT2D eigenvalue weighted by atomic mass is 79.9. The van der Waals surface area contributed by atoms with Crippen LogP contribution in [0.2, 0.25) is 5.02 Å². The van der Waals surface area contributed by atoms with E-state index in [1.165, 1.54) is 44.5 Å². The van der Waals surface area contributed by atoms with Crippen molar-refractivity contribution in [1.29, 1.82) is 0 Å². The molecule has 0 spiro atoms. The molecule has 0 radical (unpaired) electrons. The summed E-state index contributed by atoms with van der Waals surface area (Å²) in [6.45, 7) is 8.12. The summed E-state index contributed by atoms with van der Waals surface area (Å²) in [6, 6.07) is 5.97. The third-order valence-electron chi connectivity index (χ3n) is 4.03. The average molecular weight is 360 g/mol. The van der Waals surface area contributed by atoms with E-state index >= 15 is 0 Å². The van der Waals surface area contributed by atoms with Gasteiger partial charge in [0.2, 0.25) is 0 Å². The molecule has 0 bridgehead atoms. The van der Waals surface area contributed by atoms with Crippen LogP contribution in [0.4, 0.5) is 0 Å². The molecular formula is C16H24BrClN2. The summed E-state index contributed by atoms with van der Waals surface area (Å²) in [5.74, 6) is 0.923. The molecule has 1 N–H and O–H groups in total. The summed E-state index contributed by atoms with van der Waals surface area (Å²) < 4.78 is 1.09. The normalized spacial score (nSPS) is 17.6. The van der Waals surface area contributed by atoms with Gasteiger partial charge in [-0.1, -0.05) is 40.5 Å². The Hall–Kier alpha value is -0.0900. The molecule has 1 fully saturated rings. The molecule has 0 aromatic heterocycles. The second-order valence-electron chi connectivity index (χ2n) is 5.79. The van der Waals surface area contributed by atoms with Gasteiger partial charge in [0, 0.05) is 16.0 Å². The van der Waals surface area contributed by atoms with Crippen LogP contribution in [-0.2, 0) is 6.54 Å². The Bertz CT molecular complexity index is 417. The van der Waals surface area contributed by atoms with Gasteiger partial charge in [-0.2, -0.15) is 0 Å². The number of hydrogen-bond acceptors (Lipinski definition) is 2. The van der Waals surface area contributed by atoms with Gasteiger partial charge in [0.1, 0.15) is 0 Å².